The van der Waals surface area contributed by atoms with Crippen LogP contribution >= 0.6 is 34.5 Å². The number of hydrogen-bond donors (Lipinski definition) is 1. The van der Waals surface area contributed by atoms with Gasteiger partial charge in [0.1, 0.15) is 0 Å². The lowest BCUT2D eigenvalue weighted by atomic mass is 10.1. The zero-order valence-electron chi connectivity index (χ0n) is 10.7. The molecule has 0 aliphatic heterocycles. The molecule has 1 aromatic carbocycles. The molecule has 3 aromatic rings. The normalized spacial score (nSPS) is 12.0. The van der Waals surface area contributed by atoms with E-state index in [4.69, 9.17) is 11.6 Å². The Kier molecular flexibility index (Phi) is 4.28. The Labute approximate surface area is 134 Å². The van der Waals surface area contributed by atoms with Crippen LogP contribution in [-0.2, 0) is 0 Å². The van der Waals surface area contributed by atoms with Crippen molar-refractivity contribution in [3.63, 3.8) is 0 Å². The molecule has 2 aromatic heterocycles. The van der Waals surface area contributed by atoms with Crippen LogP contribution < -0.4 is 5.32 Å². The van der Waals surface area contributed by atoms with Crippen molar-refractivity contribution < 1.29 is 4.79 Å². The maximum Gasteiger partial charge on any atom is 0.273 e. The van der Waals surface area contributed by atoms with Crippen molar-refractivity contribution in [2.45, 2.75) is 6.04 Å². The van der Waals surface area contributed by atoms with Gasteiger partial charge in [0.25, 0.3) is 5.91 Å². The molecule has 1 atom stereocenters. The second kappa shape index (κ2) is 6.34. The van der Waals surface area contributed by atoms with Crippen LogP contribution in [0.1, 0.15) is 27.0 Å². The van der Waals surface area contributed by atoms with Crippen molar-refractivity contribution in [1.29, 1.82) is 0 Å². The fourth-order valence-corrected chi connectivity index (χ4v) is 3.26. The van der Waals surface area contributed by atoms with Crippen LogP contribution in [0.25, 0.3) is 0 Å². The molecule has 0 fully saturated rings. The van der Waals surface area contributed by atoms with Crippen molar-refractivity contribution >= 4 is 40.4 Å². The van der Waals surface area contributed by atoms with Gasteiger partial charge < -0.3 is 5.32 Å². The predicted molar refractivity (Wildman–Crippen MR) is 85.0 cm³/mol. The van der Waals surface area contributed by atoms with Crippen molar-refractivity contribution in [3.8, 4) is 0 Å². The van der Waals surface area contributed by atoms with Gasteiger partial charge in [-0.25, -0.2) is 0 Å². The summed E-state index contributed by atoms with van der Waals surface area (Å²) >= 11 is 8.67. The highest BCUT2D eigenvalue weighted by atomic mass is 35.5. The lowest BCUT2D eigenvalue weighted by molar-refractivity contribution is 0.0938. The highest BCUT2D eigenvalue weighted by molar-refractivity contribution is 7.10. The number of carbonyl (C=O) groups excluding carboxylic acids is 1. The molecule has 4 nitrogen and oxygen atoms in total. The van der Waals surface area contributed by atoms with E-state index in [1.54, 1.807) is 16.7 Å². The van der Waals surface area contributed by atoms with Crippen LogP contribution in [-0.4, -0.2) is 15.5 Å². The smallest absolute Gasteiger partial charge is 0.273 e. The number of nitrogens with zero attached hydrogens (tertiary/aromatic N) is 2. The Morgan fingerprint density at radius 1 is 1.24 bits per heavy atom. The number of carbonyl (C=O) groups is 1. The number of rotatable bonds is 4. The maximum atomic E-state index is 12.2. The molecule has 21 heavy (non-hydrogen) atoms. The third-order valence-corrected chi connectivity index (χ3v) is 4.59. The molecule has 3 rings (SSSR count). The minimum absolute atomic E-state index is 0.225. The fraction of sp³-hybridized carbons (Fsp3) is 0.0714. The van der Waals surface area contributed by atoms with Crippen molar-refractivity contribution in [3.05, 3.63) is 68.3 Å². The minimum Gasteiger partial charge on any atom is -0.339 e. The molecule has 0 saturated heterocycles. The molecule has 1 N–H and O–H groups in total. The Morgan fingerprint density at radius 3 is 2.67 bits per heavy atom. The monoisotopic (exact) mass is 335 g/mol. The van der Waals surface area contributed by atoms with E-state index >= 15 is 0 Å². The maximum absolute atomic E-state index is 12.2. The van der Waals surface area contributed by atoms with Crippen molar-refractivity contribution in [2.24, 2.45) is 0 Å². The van der Waals surface area contributed by atoms with Crippen LogP contribution in [0.2, 0.25) is 5.02 Å². The van der Waals surface area contributed by atoms with Gasteiger partial charge in [0.05, 0.1) is 6.04 Å². The number of nitrogens with one attached hydrogen (secondary N) is 1. The molecule has 1 unspecified atom stereocenters. The van der Waals surface area contributed by atoms with E-state index in [2.05, 4.69) is 14.9 Å². The van der Waals surface area contributed by atoms with Crippen LogP contribution in [0.4, 0.5) is 0 Å². The van der Waals surface area contributed by atoms with Crippen molar-refractivity contribution in [2.75, 3.05) is 0 Å². The number of amides is 1. The van der Waals surface area contributed by atoms with Gasteiger partial charge >= 0.3 is 0 Å². The standard InChI is InChI=1S/C14H10ClN3OS2/c15-10-5-3-9(4-6-10)13(12-2-1-7-20-12)16-14(19)11-8-21-18-17-11/h1-8,13H,(H,16,19). The SMILES string of the molecule is O=C(NC(c1ccc(Cl)cc1)c1cccs1)c1csnn1. The largest absolute Gasteiger partial charge is 0.339 e. The molecule has 106 valence electrons. The lowest BCUT2D eigenvalue weighted by Crippen LogP contribution is -2.29. The third kappa shape index (κ3) is 3.29. The van der Waals surface area contributed by atoms with Gasteiger partial charge in [-0.15, -0.1) is 16.4 Å². The number of halogens is 1. The molecule has 0 bridgehead atoms. The zero-order valence-corrected chi connectivity index (χ0v) is 13.1. The Bertz CT molecular complexity index is 711. The summed E-state index contributed by atoms with van der Waals surface area (Å²) in [6.45, 7) is 0. The van der Waals surface area contributed by atoms with Crippen LogP contribution in [0, 0.1) is 0 Å². The number of thiophene rings is 1. The lowest BCUT2D eigenvalue weighted by Gasteiger charge is -2.17. The first-order valence-corrected chi connectivity index (χ1v) is 8.20. The fourth-order valence-electron chi connectivity index (χ4n) is 1.90. The van der Waals surface area contributed by atoms with Gasteiger partial charge in [0, 0.05) is 15.3 Å². The number of hydrogen-bond acceptors (Lipinski definition) is 5. The molecule has 7 heteroatoms. The van der Waals surface area contributed by atoms with Crippen LogP contribution in [0.15, 0.2) is 47.2 Å². The molecule has 0 radical (unpaired) electrons. The Morgan fingerprint density at radius 2 is 2.05 bits per heavy atom. The summed E-state index contributed by atoms with van der Waals surface area (Å²) in [6.07, 6.45) is 0. The average Bonchev–Trinajstić information content (AvgIpc) is 3.19. The molecule has 0 saturated carbocycles. The quantitative estimate of drug-likeness (QED) is 0.789. The Hall–Kier alpha value is -1.76. The molecule has 2 heterocycles. The summed E-state index contributed by atoms with van der Waals surface area (Å²) in [6, 6.07) is 11.2. The van der Waals surface area contributed by atoms with Crippen molar-refractivity contribution in [1.82, 2.24) is 14.9 Å². The van der Waals surface area contributed by atoms with E-state index in [0.717, 1.165) is 22.0 Å². The molecule has 0 spiro atoms. The summed E-state index contributed by atoms with van der Waals surface area (Å²) in [5.41, 5.74) is 1.30. The summed E-state index contributed by atoms with van der Waals surface area (Å²) < 4.78 is 3.71. The van der Waals surface area contributed by atoms with Crippen LogP contribution in [0.3, 0.4) is 0 Å². The first-order chi connectivity index (χ1) is 10.2. The van der Waals surface area contributed by atoms with E-state index in [9.17, 15) is 4.79 Å². The highest BCUT2D eigenvalue weighted by Crippen LogP contribution is 2.27. The van der Waals surface area contributed by atoms with E-state index < -0.39 is 0 Å². The van der Waals surface area contributed by atoms with Gasteiger partial charge in [-0.2, -0.15) is 0 Å². The van der Waals surface area contributed by atoms with Gasteiger partial charge in [-0.1, -0.05) is 34.3 Å². The minimum atomic E-state index is -0.239. The Balaban J connectivity index is 1.90. The zero-order chi connectivity index (χ0) is 14.7. The second-order valence-electron chi connectivity index (χ2n) is 4.26. The summed E-state index contributed by atoms with van der Waals surface area (Å²) in [5, 5.41) is 11.1. The summed E-state index contributed by atoms with van der Waals surface area (Å²) in [7, 11) is 0. The molecule has 1 amide bonds. The molecule has 0 aliphatic carbocycles. The number of benzene rings is 1. The molecule has 0 aliphatic rings. The van der Waals surface area contributed by atoms with E-state index in [0.29, 0.717) is 10.7 Å². The summed E-state index contributed by atoms with van der Waals surface area (Å²) in [5.74, 6) is -0.239. The first kappa shape index (κ1) is 14.2. The third-order valence-electron chi connectivity index (χ3n) is 2.90. The van der Waals surface area contributed by atoms with Gasteiger partial charge in [0.15, 0.2) is 5.69 Å². The van der Waals surface area contributed by atoms with E-state index in [1.165, 1.54) is 0 Å². The first-order valence-electron chi connectivity index (χ1n) is 6.11. The van der Waals surface area contributed by atoms with Crippen LogP contribution in [0.5, 0.6) is 0 Å². The molecular weight excluding hydrogens is 326 g/mol. The predicted octanol–water partition coefficient (Wildman–Crippen LogP) is 3.77. The van der Waals surface area contributed by atoms with Gasteiger partial charge in [0.2, 0.25) is 0 Å². The molecular formula is C14H10ClN3OS2. The van der Waals surface area contributed by atoms with E-state index in [-0.39, 0.29) is 11.9 Å². The number of aromatic nitrogens is 2. The van der Waals surface area contributed by atoms with Gasteiger partial charge in [-0.3, -0.25) is 4.79 Å². The average molecular weight is 336 g/mol. The second-order valence-corrected chi connectivity index (χ2v) is 6.29. The van der Waals surface area contributed by atoms with E-state index in [1.807, 2.05) is 41.8 Å². The highest BCUT2D eigenvalue weighted by Gasteiger charge is 2.20. The topological polar surface area (TPSA) is 54.9 Å². The summed E-state index contributed by atoms with van der Waals surface area (Å²) in [4.78, 5) is 13.3. The van der Waals surface area contributed by atoms with Gasteiger partial charge in [-0.05, 0) is 40.7 Å².